The highest BCUT2D eigenvalue weighted by Gasteiger charge is 2.15. The molecule has 0 saturated carbocycles. The third-order valence-electron chi connectivity index (χ3n) is 3.24. The highest BCUT2D eigenvalue weighted by molar-refractivity contribution is 5.36. The highest BCUT2D eigenvalue weighted by Crippen LogP contribution is 2.26. The molecular formula is C16H20. The summed E-state index contributed by atoms with van der Waals surface area (Å²) >= 11 is 0. The van der Waals surface area contributed by atoms with Gasteiger partial charge in [-0.25, -0.2) is 0 Å². The SMILES string of the molecule is CC(C)(C)c1ccc2c(c1)CCC#CCC2. The molecule has 0 atom stereocenters. The molecule has 84 valence electrons. The molecule has 0 spiro atoms. The zero-order chi connectivity index (χ0) is 11.6. The Morgan fingerprint density at radius 2 is 1.56 bits per heavy atom. The van der Waals surface area contributed by atoms with Crippen molar-refractivity contribution in [2.24, 2.45) is 0 Å². The third-order valence-corrected chi connectivity index (χ3v) is 3.24. The van der Waals surface area contributed by atoms with E-state index in [0.717, 1.165) is 25.7 Å². The molecule has 0 heteroatoms. The zero-order valence-electron chi connectivity index (χ0n) is 10.6. The van der Waals surface area contributed by atoms with E-state index >= 15 is 0 Å². The largest absolute Gasteiger partial charge is 0.103 e. The summed E-state index contributed by atoms with van der Waals surface area (Å²) in [6.45, 7) is 6.83. The predicted octanol–water partition coefficient (Wildman–Crippen LogP) is 3.87. The van der Waals surface area contributed by atoms with Gasteiger partial charge in [-0.1, -0.05) is 39.0 Å². The summed E-state index contributed by atoms with van der Waals surface area (Å²) in [5, 5.41) is 0. The van der Waals surface area contributed by atoms with Gasteiger partial charge in [-0.2, -0.15) is 0 Å². The molecule has 1 aliphatic rings. The molecule has 1 aromatic rings. The molecular weight excluding hydrogens is 192 g/mol. The standard InChI is InChI=1S/C16H20/c1-16(2,3)15-11-10-13-8-6-4-5-7-9-14(13)12-15/h10-12H,6-9H2,1-3H3. The van der Waals surface area contributed by atoms with E-state index in [2.05, 4.69) is 50.8 Å². The first-order valence-corrected chi connectivity index (χ1v) is 6.15. The first-order chi connectivity index (χ1) is 7.57. The lowest BCUT2D eigenvalue weighted by Gasteiger charge is -2.21. The van der Waals surface area contributed by atoms with Crippen molar-refractivity contribution >= 4 is 0 Å². The van der Waals surface area contributed by atoms with Crippen LogP contribution in [-0.4, -0.2) is 0 Å². The first kappa shape index (κ1) is 11.3. The Morgan fingerprint density at radius 3 is 2.19 bits per heavy atom. The molecule has 1 aromatic carbocycles. The van der Waals surface area contributed by atoms with Crippen LogP contribution in [0.15, 0.2) is 18.2 Å². The van der Waals surface area contributed by atoms with Crippen molar-refractivity contribution < 1.29 is 0 Å². The maximum Gasteiger partial charge on any atom is 0.0129 e. The molecule has 0 aromatic heterocycles. The lowest BCUT2D eigenvalue weighted by atomic mass is 9.84. The lowest BCUT2D eigenvalue weighted by Crippen LogP contribution is -2.12. The number of benzene rings is 1. The number of hydrogen-bond acceptors (Lipinski definition) is 0. The van der Waals surface area contributed by atoms with E-state index in [1.165, 1.54) is 16.7 Å². The minimum absolute atomic E-state index is 0.253. The minimum atomic E-state index is 0.253. The van der Waals surface area contributed by atoms with Gasteiger partial charge in [0, 0.05) is 12.8 Å². The van der Waals surface area contributed by atoms with E-state index in [9.17, 15) is 0 Å². The van der Waals surface area contributed by atoms with E-state index in [0.29, 0.717) is 0 Å². The summed E-state index contributed by atoms with van der Waals surface area (Å²) < 4.78 is 0. The maximum absolute atomic E-state index is 3.24. The summed E-state index contributed by atoms with van der Waals surface area (Å²) in [5.74, 6) is 6.46. The first-order valence-electron chi connectivity index (χ1n) is 6.15. The molecule has 0 bridgehead atoms. The van der Waals surface area contributed by atoms with Gasteiger partial charge in [0.1, 0.15) is 0 Å². The molecule has 0 saturated heterocycles. The molecule has 1 aliphatic carbocycles. The van der Waals surface area contributed by atoms with Crippen molar-refractivity contribution in [2.45, 2.75) is 51.9 Å². The van der Waals surface area contributed by atoms with Crippen LogP contribution in [0.4, 0.5) is 0 Å². The molecule has 0 unspecified atom stereocenters. The Hall–Kier alpha value is -1.22. The van der Waals surface area contributed by atoms with Gasteiger partial charge in [-0.05, 0) is 34.9 Å². The van der Waals surface area contributed by atoms with Crippen LogP contribution in [0.25, 0.3) is 0 Å². The molecule has 0 radical (unpaired) electrons. The van der Waals surface area contributed by atoms with Gasteiger partial charge in [0.05, 0.1) is 0 Å². The van der Waals surface area contributed by atoms with Gasteiger partial charge in [0.25, 0.3) is 0 Å². The van der Waals surface area contributed by atoms with E-state index in [-0.39, 0.29) is 5.41 Å². The average molecular weight is 212 g/mol. The summed E-state index contributed by atoms with van der Waals surface area (Å²) in [7, 11) is 0. The zero-order valence-corrected chi connectivity index (χ0v) is 10.6. The van der Waals surface area contributed by atoms with Gasteiger partial charge in [0.15, 0.2) is 0 Å². The number of rotatable bonds is 0. The summed E-state index contributed by atoms with van der Waals surface area (Å²) in [6.07, 6.45) is 4.27. The quantitative estimate of drug-likeness (QED) is 0.573. The Morgan fingerprint density at radius 1 is 0.938 bits per heavy atom. The number of hydrogen-bond donors (Lipinski definition) is 0. The molecule has 0 nitrogen and oxygen atoms in total. The smallest absolute Gasteiger partial charge is 0.0129 e. The molecule has 0 amide bonds. The van der Waals surface area contributed by atoms with Crippen LogP contribution in [0.1, 0.15) is 50.3 Å². The second-order valence-corrected chi connectivity index (χ2v) is 5.59. The summed E-state index contributed by atoms with van der Waals surface area (Å²) in [5.41, 5.74) is 4.71. The Labute approximate surface area is 99.1 Å². The van der Waals surface area contributed by atoms with Crippen LogP contribution >= 0.6 is 0 Å². The third kappa shape index (κ3) is 2.47. The molecule has 0 aliphatic heterocycles. The van der Waals surface area contributed by atoms with Gasteiger partial charge >= 0.3 is 0 Å². The van der Waals surface area contributed by atoms with Crippen molar-refractivity contribution in [3.63, 3.8) is 0 Å². The number of fused-ring (bicyclic) bond motifs is 1. The van der Waals surface area contributed by atoms with Crippen LogP contribution < -0.4 is 0 Å². The van der Waals surface area contributed by atoms with Crippen molar-refractivity contribution in [1.29, 1.82) is 0 Å². The van der Waals surface area contributed by atoms with Gasteiger partial charge in [0.2, 0.25) is 0 Å². The van der Waals surface area contributed by atoms with Crippen LogP contribution in [-0.2, 0) is 18.3 Å². The van der Waals surface area contributed by atoms with Crippen LogP contribution in [0.2, 0.25) is 0 Å². The van der Waals surface area contributed by atoms with E-state index in [1.807, 2.05) is 0 Å². The van der Waals surface area contributed by atoms with Crippen LogP contribution in [0.5, 0.6) is 0 Å². The minimum Gasteiger partial charge on any atom is -0.103 e. The Bertz CT molecular complexity index is 435. The average Bonchev–Trinajstić information content (AvgIpc) is 2.16. The molecule has 0 heterocycles. The normalized spacial score (nSPS) is 15.4. The monoisotopic (exact) mass is 212 g/mol. The van der Waals surface area contributed by atoms with Gasteiger partial charge < -0.3 is 0 Å². The molecule has 0 fully saturated rings. The second-order valence-electron chi connectivity index (χ2n) is 5.59. The van der Waals surface area contributed by atoms with Crippen molar-refractivity contribution in [3.8, 4) is 11.8 Å². The Balaban J connectivity index is 2.36. The predicted molar refractivity (Wildman–Crippen MR) is 69.6 cm³/mol. The maximum atomic E-state index is 3.24. The number of aryl methyl sites for hydroxylation is 2. The topological polar surface area (TPSA) is 0 Å². The Kier molecular flexibility index (Phi) is 3.06. The summed E-state index contributed by atoms with van der Waals surface area (Å²) in [6, 6.07) is 6.99. The molecule has 0 N–H and O–H groups in total. The van der Waals surface area contributed by atoms with Gasteiger partial charge in [-0.3, -0.25) is 0 Å². The summed E-state index contributed by atoms with van der Waals surface area (Å²) in [4.78, 5) is 0. The fourth-order valence-electron chi connectivity index (χ4n) is 2.14. The van der Waals surface area contributed by atoms with Crippen LogP contribution in [0, 0.1) is 11.8 Å². The van der Waals surface area contributed by atoms with Crippen molar-refractivity contribution in [3.05, 3.63) is 34.9 Å². The fraction of sp³-hybridized carbons (Fsp3) is 0.500. The van der Waals surface area contributed by atoms with E-state index in [1.54, 1.807) is 0 Å². The van der Waals surface area contributed by atoms with Crippen molar-refractivity contribution in [1.82, 2.24) is 0 Å². The second kappa shape index (κ2) is 4.34. The van der Waals surface area contributed by atoms with Crippen molar-refractivity contribution in [2.75, 3.05) is 0 Å². The lowest BCUT2D eigenvalue weighted by molar-refractivity contribution is 0.588. The van der Waals surface area contributed by atoms with Gasteiger partial charge in [-0.15, -0.1) is 11.8 Å². The van der Waals surface area contributed by atoms with E-state index in [4.69, 9.17) is 0 Å². The van der Waals surface area contributed by atoms with E-state index < -0.39 is 0 Å². The van der Waals surface area contributed by atoms with Crippen LogP contribution in [0.3, 0.4) is 0 Å². The molecule has 16 heavy (non-hydrogen) atoms. The molecule has 2 rings (SSSR count). The highest BCUT2D eigenvalue weighted by atomic mass is 14.2. The fourth-order valence-corrected chi connectivity index (χ4v) is 2.14.